The maximum absolute atomic E-state index is 14.7. The number of tetrazole rings is 1. The third kappa shape index (κ3) is 4.48. The Balaban J connectivity index is 1.18. The lowest BCUT2D eigenvalue weighted by Crippen LogP contribution is -2.34. The van der Waals surface area contributed by atoms with Gasteiger partial charge in [-0.2, -0.15) is 4.68 Å². The van der Waals surface area contributed by atoms with E-state index in [1.165, 1.54) is 22.8 Å². The van der Waals surface area contributed by atoms with Gasteiger partial charge in [-0.3, -0.25) is 0 Å². The number of nitrogens with one attached hydrogen (secondary N) is 1. The summed E-state index contributed by atoms with van der Waals surface area (Å²) in [5.74, 6) is 1.17. The van der Waals surface area contributed by atoms with Crippen LogP contribution in [0, 0.1) is 5.82 Å². The van der Waals surface area contributed by atoms with Crippen molar-refractivity contribution >= 4 is 23.0 Å². The van der Waals surface area contributed by atoms with E-state index >= 15 is 0 Å². The van der Waals surface area contributed by atoms with E-state index in [-0.39, 0.29) is 5.69 Å². The van der Waals surface area contributed by atoms with Crippen molar-refractivity contribution in [2.45, 2.75) is 38.5 Å². The van der Waals surface area contributed by atoms with Gasteiger partial charge in [0.2, 0.25) is 5.95 Å². The van der Waals surface area contributed by atoms with Gasteiger partial charge in [0.25, 0.3) is 0 Å². The predicted molar refractivity (Wildman–Crippen MR) is 138 cm³/mol. The molecule has 5 aromatic rings. The number of benzene rings is 1. The second kappa shape index (κ2) is 9.57. The van der Waals surface area contributed by atoms with Crippen LogP contribution in [0.5, 0.6) is 0 Å². The monoisotopic (exact) mass is 498 g/mol. The van der Waals surface area contributed by atoms with Crippen molar-refractivity contribution in [2.24, 2.45) is 0 Å². The molecular formula is C26H27FN10. The van der Waals surface area contributed by atoms with Crippen molar-refractivity contribution in [1.29, 1.82) is 0 Å². The highest BCUT2D eigenvalue weighted by molar-refractivity contribution is 5.74. The first-order valence-electron chi connectivity index (χ1n) is 12.4. The van der Waals surface area contributed by atoms with Gasteiger partial charge in [-0.1, -0.05) is 13.8 Å². The van der Waals surface area contributed by atoms with Gasteiger partial charge < -0.3 is 14.6 Å². The molecule has 0 saturated carbocycles. The summed E-state index contributed by atoms with van der Waals surface area (Å²) in [6, 6.07) is 8.78. The summed E-state index contributed by atoms with van der Waals surface area (Å²) < 4.78 is 18.1. The lowest BCUT2D eigenvalue weighted by molar-refractivity contribution is 0.488. The standard InChI is InChI=1S/C26H27FN10/c1-17(2)19-13-29-26(30-14-19)35-10-7-18(8-11-35)24-15-28-25-22(4-3-9-36(24)25)32-20-5-6-23(21(27)12-20)37-16-31-33-34-37/h3-6,9,12-18,32H,7-8,10-11H2,1-2H3. The fraction of sp³-hybridized carbons (Fsp3) is 0.308. The molecule has 0 unspecified atom stereocenters. The average molecular weight is 499 g/mol. The fourth-order valence-corrected chi connectivity index (χ4v) is 4.80. The highest BCUT2D eigenvalue weighted by Gasteiger charge is 2.25. The second-order valence-corrected chi connectivity index (χ2v) is 9.58. The number of halogens is 1. The molecule has 1 aliphatic rings. The number of aromatic nitrogens is 8. The number of hydrogen-bond acceptors (Lipinski definition) is 8. The zero-order valence-corrected chi connectivity index (χ0v) is 20.7. The Labute approximate surface area is 213 Å². The number of pyridine rings is 1. The summed E-state index contributed by atoms with van der Waals surface area (Å²) in [6.07, 6.45) is 11.2. The summed E-state index contributed by atoms with van der Waals surface area (Å²) >= 11 is 0. The van der Waals surface area contributed by atoms with Gasteiger partial charge in [-0.15, -0.1) is 5.10 Å². The van der Waals surface area contributed by atoms with Crippen LogP contribution in [0.3, 0.4) is 0 Å². The number of rotatable bonds is 6. The van der Waals surface area contributed by atoms with Crippen LogP contribution in [0.25, 0.3) is 11.3 Å². The van der Waals surface area contributed by atoms with Crippen LogP contribution in [0.15, 0.2) is 61.4 Å². The van der Waals surface area contributed by atoms with Crippen LogP contribution in [0.2, 0.25) is 0 Å². The molecule has 0 aliphatic carbocycles. The molecule has 188 valence electrons. The van der Waals surface area contributed by atoms with Crippen molar-refractivity contribution in [3.05, 3.63) is 78.5 Å². The lowest BCUT2D eigenvalue weighted by atomic mass is 9.94. The van der Waals surface area contributed by atoms with Gasteiger partial charge in [-0.05, 0) is 65.1 Å². The Hall–Kier alpha value is -4.41. The van der Waals surface area contributed by atoms with Crippen LogP contribution >= 0.6 is 0 Å². The van der Waals surface area contributed by atoms with E-state index in [1.54, 1.807) is 12.1 Å². The third-order valence-corrected chi connectivity index (χ3v) is 6.91. The van der Waals surface area contributed by atoms with Gasteiger partial charge in [0.05, 0.1) is 5.69 Å². The summed E-state index contributed by atoms with van der Waals surface area (Å²) in [4.78, 5) is 16.1. The number of nitrogens with zero attached hydrogens (tertiary/aromatic N) is 9. The Kier molecular flexibility index (Phi) is 5.95. The van der Waals surface area contributed by atoms with Crippen molar-refractivity contribution in [3.8, 4) is 5.69 Å². The van der Waals surface area contributed by atoms with Gasteiger partial charge in [0.15, 0.2) is 11.5 Å². The summed E-state index contributed by atoms with van der Waals surface area (Å²) in [5, 5.41) is 14.2. The second-order valence-electron chi connectivity index (χ2n) is 9.58. The van der Waals surface area contributed by atoms with Crippen molar-refractivity contribution in [3.63, 3.8) is 0 Å². The Morgan fingerprint density at radius 1 is 1.03 bits per heavy atom. The Morgan fingerprint density at radius 2 is 1.84 bits per heavy atom. The third-order valence-electron chi connectivity index (χ3n) is 6.91. The Morgan fingerprint density at radius 3 is 2.54 bits per heavy atom. The minimum Gasteiger partial charge on any atom is -0.352 e. The molecule has 0 amide bonds. The quantitative estimate of drug-likeness (QED) is 0.365. The van der Waals surface area contributed by atoms with Crippen LogP contribution in [0.4, 0.5) is 21.7 Å². The molecule has 1 aromatic carbocycles. The largest absolute Gasteiger partial charge is 0.352 e. The molecule has 4 aromatic heterocycles. The molecule has 0 bridgehead atoms. The Bertz CT molecular complexity index is 1500. The average Bonchev–Trinajstić information content (AvgIpc) is 3.60. The summed E-state index contributed by atoms with van der Waals surface area (Å²) in [6.45, 7) is 6.08. The van der Waals surface area contributed by atoms with E-state index < -0.39 is 5.82 Å². The minimum absolute atomic E-state index is 0.282. The maximum Gasteiger partial charge on any atom is 0.225 e. The number of imidazole rings is 1. The van der Waals surface area contributed by atoms with Gasteiger partial charge in [-0.25, -0.2) is 19.3 Å². The first-order chi connectivity index (χ1) is 18.1. The van der Waals surface area contributed by atoms with E-state index in [0.29, 0.717) is 17.5 Å². The molecule has 1 saturated heterocycles. The topological polar surface area (TPSA) is 102 Å². The SMILES string of the molecule is CC(C)c1cnc(N2CCC(c3cnc4c(Nc5ccc(-n6cnnn6)c(F)c5)cccn34)CC2)nc1. The normalized spacial score (nSPS) is 14.5. The van der Waals surface area contributed by atoms with Gasteiger partial charge in [0.1, 0.15) is 12.0 Å². The van der Waals surface area contributed by atoms with Crippen molar-refractivity contribution in [1.82, 2.24) is 39.6 Å². The summed E-state index contributed by atoms with van der Waals surface area (Å²) in [7, 11) is 0. The minimum atomic E-state index is -0.428. The molecule has 11 heteroatoms. The molecule has 6 rings (SSSR count). The zero-order chi connectivity index (χ0) is 25.4. The van der Waals surface area contributed by atoms with Crippen molar-refractivity contribution < 1.29 is 4.39 Å². The molecule has 5 heterocycles. The molecule has 0 atom stereocenters. The summed E-state index contributed by atoms with van der Waals surface area (Å²) in [5.41, 5.74) is 4.83. The van der Waals surface area contributed by atoms with Crippen LogP contribution in [-0.2, 0) is 0 Å². The van der Waals surface area contributed by atoms with Gasteiger partial charge in [0, 0.05) is 55.2 Å². The highest BCUT2D eigenvalue weighted by atomic mass is 19.1. The fourth-order valence-electron chi connectivity index (χ4n) is 4.80. The molecule has 0 radical (unpaired) electrons. The highest BCUT2D eigenvalue weighted by Crippen LogP contribution is 2.32. The zero-order valence-electron chi connectivity index (χ0n) is 20.7. The molecule has 10 nitrogen and oxygen atoms in total. The number of anilines is 3. The molecule has 37 heavy (non-hydrogen) atoms. The maximum atomic E-state index is 14.7. The molecule has 0 spiro atoms. The predicted octanol–water partition coefficient (Wildman–Crippen LogP) is 4.49. The van der Waals surface area contributed by atoms with E-state index in [9.17, 15) is 4.39 Å². The van der Waals surface area contributed by atoms with E-state index in [4.69, 9.17) is 4.98 Å². The number of fused-ring (bicyclic) bond motifs is 1. The lowest BCUT2D eigenvalue weighted by Gasteiger charge is -2.31. The molecule has 1 fully saturated rings. The first-order valence-corrected chi connectivity index (χ1v) is 12.4. The smallest absolute Gasteiger partial charge is 0.225 e. The number of piperidine rings is 1. The first kappa shape index (κ1) is 23.0. The number of hydrogen-bond donors (Lipinski definition) is 1. The van der Waals surface area contributed by atoms with E-state index in [2.05, 4.69) is 54.0 Å². The molecular weight excluding hydrogens is 471 g/mol. The van der Waals surface area contributed by atoms with Crippen LogP contribution in [-0.4, -0.2) is 52.6 Å². The van der Waals surface area contributed by atoms with Gasteiger partial charge >= 0.3 is 0 Å². The molecule has 1 N–H and O–H groups in total. The van der Waals surface area contributed by atoms with E-state index in [0.717, 1.165) is 48.8 Å². The van der Waals surface area contributed by atoms with Crippen molar-refractivity contribution in [2.75, 3.05) is 23.3 Å². The van der Waals surface area contributed by atoms with E-state index in [1.807, 2.05) is 36.9 Å². The van der Waals surface area contributed by atoms with Crippen LogP contribution < -0.4 is 10.2 Å². The van der Waals surface area contributed by atoms with Crippen LogP contribution in [0.1, 0.15) is 49.8 Å². The molecule has 1 aliphatic heterocycles.